The lowest BCUT2D eigenvalue weighted by Gasteiger charge is -2.13. The van der Waals surface area contributed by atoms with Crippen molar-refractivity contribution in [1.82, 2.24) is 0 Å². The molecule has 31 heavy (non-hydrogen) atoms. The molecule has 0 spiro atoms. The van der Waals surface area contributed by atoms with E-state index in [1.54, 1.807) is 0 Å². The van der Waals surface area contributed by atoms with E-state index >= 15 is 0 Å². The standard InChI is InChI=1S/C27H28.2C2H6/c1-18-11-12-25(15-20(18)3)26-13-14-27(22(5)17-26)23(6)21(4)16-24-10-8-7-9-19(24)2;2*1-2/h7-17H,6H2,1-5H3;2*1-2H3/b21-16+;;. The second-order valence-corrected chi connectivity index (χ2v) is 7.49. The average Bonchev–Trinajstić information content (AvgIpc) is 2.79. The summed E-state index contributed by atoms with van der Waals surface area (Å²) >= 11 is 0. The van der Waals surface area contributed by atoms with Crippen LogP contribution >= 0.6 is 0 Å². The Balaban J connectivity index is 0.00000113. The van der Waals surface area contributed by atoms with Gasteiger partial charge in [0.1, 0.15) is 0 Å². The van der Waals surface area contributed by atoms with Crippen LogP contribution in [-0.2, 0) is 0 Å². The van der Waals surface area contributed by atoms with E-state index in [0.717, 1.165) is 5.57 Å². The SMILES string of the molecule is C=C(/C(C)=C/c1ccccc1C)c1ccc(-c2ccc(C)c(C)c2)cc1C.CC.CC. The number of allylic oxidation sites excluding steroid dienone is 2. The van der Waals surface area contributed by atoms with E-state index in [-0.39, 0.29) is 0 Å². The highest BCUT2D eigenvalue weighted by atomic mass is 14.1. The molecule has 0 unspecified atom stereocenters. The first kappa shape index (κ1) is 26.2. The van der Waals surface area contributed by atoms with Crippen LogP contribution in [0.5, 0.6) is 0 Å². The average molecular weight is 413 g/mol. The van der Waals surface area contributed by atoms with Gasteiger partial charge in [0.25, 0.3) is 0 Å². The minimum Gasteiger partial charge on any atom is -0.0909 e. The lowest BCUT2D eigenvalue weighted by Crippen LogP contribution is -1.92. The predicted molar refractivity (Wildman–Crippen MR) is 143 cm³/mol. The monoisotopic (exact) mass is 412 g/mol. The normalized spacial score (nSPS) is 10.4. The molecule has 0 aliphatic heterocycles. The van der Waals surface area contributed by atoms with Crippen molar-refractivity contribution in [1.29, 1.82) is 0 Å². The van der Waals surface area contributed by atoms with E-state index in [9.17, 15) is 0 Å². The molecule has 0 saturated carbocycles. The van der Waals surface area contributed by atoms with Crippen molar-refractivity contribution in [2.75, 3.05) is 0 Å². The summed E-state index contributed by atoms with van der Waals surface area (Å²) in [5.74, 6) is 0. The number of hydrogen-bond donors (Lipinski definition) is 0. The fraction of sp³-hybridized carbons (Fsp3) is 0.290. The van der Waals surface area contributed by atoms with Crippen LogP contribution in [0.2, 0.25) is 0 Å². The Kier molecular flexibility index (Phi) is 10.8. The molecule has 3 aromatic carbocycles. The molecule has 0 amide bonds. The van der Waals surface area contributed by atoms with E-state index in [0.29, 0.717) is 0 Å². The van der Waals surface area contributed by atoms with Crippen molar-refractivity contribution in [3.8, 4) is 11.1 Å². The molecule has 0 atom stereocenters. The third-order valence-corrected chi connectivity index (χ3v) is 5.43. The second kappa shape index (κ2) is 12.7. The van der Waals surface area contributed by atoms with E-state index in [1.807, 2.05) is 27.7 Å². The third kappa shape index (κ3) is 6.82. The zero-order valence-corrected chi connectivity index (χ0v) is 21.1. The van der Waals surface area contributed by atoms with Gasteiger partial charge in [0.05, 0.1) is 0 Å². The van der Waals surface area contributed by atoms with Gasteiger partial charge in [-0.25, -0.2) is 0 Å². The molecule has 0 N–H and O–H groups in total. The predicted octanol–water partition coefficient (Wildman–Crippen LogP) is 9.76. The molecule has 0 radical (unpaired) electrons. The first-order chi connectivity index (χ1) is 14.9. The van der Waals surface area contributed by atoms with Crippen LogP contribution in [0.15, 0.2) is 72.8 Å². The van der Waals surface area contributed by atoms with E-state index in [2.05, 4.69) is 108 Å². The van der Waals surface area contributed by atoms with Crippen LogP contribution in [0.4, 0.5) is 0 Å². The van der Waals surface area contributed by atoms with E-state index in [1.165, 1.54) is 50.1 Å². The molecule has 0 heterocycles. The number of benzene rings is 3. The molecule has 0 aliphatic carbocycles. The maximum atomic E-state index is 4.37. The van der Waals surface area contributed by atoms with Crippen LogP contribution in [0, 0.1) is 27.7 Å². The van der Waals surface area contributed by atoms with Crippen molar-refractivity contribution in [3.63, 3.8) is 0 Å². The Morgan fingerprint density at radius 3 is 1.74 bits per heavy atom. The first-order valence-corrected chi connectivity index (χ1v) is 11.5. The van der Waals surface area contributed by atoms with Crippen molar-refractivity contribution < 1.29 is 0 Å². The van der Waals surface area contributed by atoms with Gasteiger partial charge in [0.2, 0.25) is 0 Å². The van der Waals surface area contributed by atoms with Gasteiger partial charge in [0.15, 0.2) is 0 Å². The van der Waals surface area contributed by atoms with Gasteiger partial charge in [-0.1, -0.05) is 101 Å². The molecular weight excluding hydrogens is 372 g/mol. The first-order valence-electron chi connectivity index (χ1n) is 11.5. The molecule has 0 aliphatic rings. The summed E-state index contributed by atoms with van der Waals surface area (Å²) in [6.07, 6.45) is 2.23. The van der Waals surface area contributed by atoms with Gasteiger partial charge in [0, 0.05) is 0 Å². The Hall–Kier alpha value is -2.86. The second-order valence-electron chi connectivity index (χ2n) is 7.49. The van der Waals surface area contributed by atoms with Crippen LogP contribution < -0.4 is 0 Å². The molecule has 0 bridgehead atoms. The van der Waals surface area contributed by atoms with Crippen LogP contribution in [0.25, 0.3) is 22.8 Å². The van der Waals surface area contributed by atoms with Crippen molar-refractivity contribution in [3.05, 3.63) is 106 Å². The molecule has 0 saturated heterocycles. The molecule has 0 nitrogen and oxygen atoms in total. The Labute approximate surface area is 191 Å². The maximum absolute atomic E-state index is 4.37. The Bertz CT molecular complexity index is 1030. The van der Waals surface area contributed by atoms with Crippen molar-refractivity contribution in [2.45, 2.75) is 62.3 Å². The summed E-state index contributed by atoms with van der Waals surface area (Å²) in [7, 11) is 0. The number of hydrogen-bond acceptors (Lipinski definition) is 0. The van der Waals surface area contributed by atoms with Crippen molar-refractivity contribution >= 4 is 11.6 Å². The molecule has 0 heteroatoms. The highest BCUT2D eigenvalue weighted by Gasteiger charge is 2.08. The van der Waals surface area contributed by atoms with Crippen molar-refractivity contribution in [2.24, 2.45) is 0 Å². The van der Waals surface area contributed by atoms with Gasteiger partial charge in [-0.2, -0.15) is 0 Å². The van der Waals surface area contributed by atoms with Crippen LogP contribution in [0.1, 0.15) is 68.0 Å². The molecule has 3 aromatic rings. The smallest absolute Gasteiger partial charge is 0.0158 e. The number of rotatable bonds is 4. The van der Waals surface area contributed by atoms with Gasteiger partial charge in [-0.3, -0.25) is 0 Å². The lowest BCUT2D eigenvalue weighted by atomic mass is 9.91. The topological polar surface area (TPSA) is 0 Å². The van der Waals surface area contributed by atoms with Gasteiger partial charge < -0.3 is 0 Å². The summed E-state index contributed by atoms with van der Waals surface area (Å²) in [5.41, 5.74) is 12.5. The molecule has 0 aromatic heterocycles. The minimum absolute atomic E-state index is 1.09. The van der Waals surface area contributed by atoms with E-state index in [4.69, 9.17) is 0 Å². The van der Waals surface area contributed by atoms with Crippen LogP contribution in [-0.4, -0.2) is 0 Å². The van der Waals surface area contributed by atoms with Crippen LogP contribution in [0.3, 0.4) is 0 Å². The van der Waals surface area contributed by atoms with E-state index < -0.39 is 0 Å². The molecule has 3 rings (SSSR count). The third-order valence-electron chi connectivity index (χ3n) is 5.43. The van der Waals surface area contributed by atoms with Gasteiger partial charge in [-0.05, 0) is 90.3 Å². The lowest BCUT2D eigenvalue weighted by molar-refractivity contribution is 1.34. The zero-order chi connectivity index (χ0) is 23.6. The summed E-state index contributed by atoms with van der Waals surface area (Å²) < 4.78 is 0. The Morgan fingerprint density at radius 2 is 1.19 bits per heavy atom. The highest BCUT2D eigenvalue weighted by molar-refractivity contribution is 5.85. The highest BCUT2D eigenvalue weighted by Crippen LogP contribution is 2.30. The minimum atomic E-state index is 1.09. The van der Waals surface area contributed by atoms with Gasteiger partial charge >= 0.3 is 0 Å². The zero-order valence-electron chi connectivity index (χ0n) is 21.1. The largest absolute Gasteiger partial charge is 0.0909 e. The Morgan fingerprint density at radius 1 is 0.645 bits per heavy atom. The fourth-order valence-electron chi connectivity index (χ4n) is 3.38. The summed E-state index contributed by atoms with van der Waals surface area (Å²) in [6.45, 7) is 23.2. The molecule has 0 fully saturated rings. The summed E-state index contributed by atoms with van der Waals surface area (Å²) in [6, 6.07) is 21.8. The van der Waals surface area contributed by atoms with Gasteiger partial charge in [-0.15, -0.1) is 0 Å². The number of aryl methyl sites for hydroxylation is 4. The summed E-state index contributed by atoms with van der Waals surface area (Å²) in [4.78, 5) is 0. The summed E-state index contributed by atoms with van der Waals surface area (Å²) in [5, 5.41) is 0. The molecule has 164 valence electrons. The fourth-order valence-corrected chi connectivity index (χ4v) is 3.38. The maximum Gasteiger partial charge on any atom is -0.0158 e. The molecular formula is C31H40. The quantitative estimate of drug-likeness (QED) is 0.374.